The van der Waals surface area contributed by atoms with Gasteiger partial charge in [0, 0.05) is 34.1 Å². The molecule has 9 heavy (non-hydrogen) atoms. The molecule has 59 valence electrons. The van der Waals surface area contributed by atoms with E-state index in [4.69, 9.17) is 19.2 Å². The Hall–Kier alpha value is 2.32. The fraction of sp³-hybridized carbons (Fsp3) is 0. The third-order valence-corrected chi connectivity index (χ3v) is 0. The molecule has 0 aromatic heterocycles. The Kier molecular flexibility index (Phi) is 43.4. The molecule has 0 heterocycles. The van der Waals surface area contributed by atoms with Gasteiger partial charge in [0.15, 0.2) is 0 Å². The van der Waals surface area contributed by atoms with Crippen molar-refractivity contribution in [1.29, 1.82) is 0 Å². The molecule has 0 saturated heterocycles. The van der Waals surface area contributed by atoms with E-state index in [1.165, 1.54) is 0 Å². The molecule has 0 aliphatic carbocycles. The van der Waals surface area contributed by atoms with Crippen LogP contribution in [0.2, 0.25) is 0 Å². The van der Waals surface area contributed by atoms with E-state index in [9.17, 15) is 0 Å². The van der Waals surface area contributed by atoms with Crippen LogP contribution in [0, 0.1) is 0 Å². The second-order valence-corrected chi connectivity index (χ2v) is 1.80. The zero-order valence-electron chi connectivity index (χ0n) is 3.52. The number of hydrogen-bond acceptors (Lipinski definition) is 4. The minimum absolute atomic E-state index is 0. The molecule has 5 nitrogen and oxygen atoms in total. The molecular weight excluding hydrogens is 259 g/mol. The van der Waals surface area contributed by atoms with Gasteiger partial charge in [-0.2, -0.15) is 0 Å². The summed E-state index contributed by atoms with van der Waals surface area (Å²) < 4.78 is 0. The summed E-state index contributed by atoms with van der Waals surface area (Å²) in [7, 11) is -4.61. The van der Waals surface area contributed by atoms with Gasteiger partial charge in [0.05, 0.1) is 0 Å². The molecule has 0 amide bonds. The second-order valence-electron chi connectivity index (χ2n) is 0.600. The van der Waals surface area contributed by atoms with Crippen molar-refractivity contribution < 1.29 is 58.8 Å². The first-order chi connectivity index (χ1) is 2.00. The van der Waals surface area contributed by atoms with Crippen LogP contribution >= 0.6 is 0 Å². The van der Waals surface area contributed by atoms with Crippen LogP contribution in [0.25, 0.3) is 0 Å². The summed E-state index contributed by atoms with van der Waals surface area (Å²) in [5.41, 5.74) is 0. The molecule has 1 radical (unpaired) electrons. The van der Waals surface area contributed by atoms with Crippen molar-refractivity contribution in [2.45, 2.75) is 0 Å². The van der Waals surface area contributed by atoms with Crippen LogP contribution < -0.4 is 0 Å². The minimum Gasteiger partial charge on any atom is 0 e. The maximum absolute atomic E-state index is 7.33. The fourth-order valence-corrected chi connectivity index (χ4v) is 0. The maximum atomic E-state index is 7.33. The Labute approximate surface area is 104 Å². The average Bonchev–Trinajstić information content (AvgIpc) is 0.722. The zero-order chi connectivity index (χ0) is 4.50. The van der Waals surface area contributed by atoms with E-state index in [-0.39, 0.29) is 77.4 Å². The summed E-state index contributed by atoms with van der Waals surface area (Å²) in [6, 6.07) is 0. The normalized spacial score (nSPS) is 6.67. The first kappa shape index (κ1) is 30.2. The van der Waals surface area contributed by atoms with E-state index in [1.54, 1.807) is 0 Å². The molecule has 0 aromatic carbocycles. The number of hydrogen-bond donors (Lipinski definition) is 4. The topological polar surface area (TPSA) is 112 Å². The van der Waals surface area contributed by atoms with E-state index in [2.05, 4.69) is 0 Å². The molecule has 0 aliphatic rings. The van der Waals surface area contributed by atoms with Gasteiger partial charge in [-0.15, -0.1) is 0 Å². The van der Waals surface area contributed by atoms with Gasteiger partial charge in [0.25, 0.3) is 0 Å². The molecule has 0 unspecified atom stereocenters. The SMILES string of the molecule is O.O[Si](O)(O)O.[CaH2].[Fe].[Mn]. The Morgan fingerprint density at radius 3 is 0.889 bits per heavy atom. The van der Waals surface area contributed by atoms with Gasteiger partial charge in [0.2, 0.25) is 0 Å². The van der Waals surface area contributed by atoms with Gasteiger partial charge in [-0.3, -0.25) is 0 Å². The maximum Gasteiger partial charge on any atom is 0 e. The van der Waals surface area contributed by atoms with Crippen molar-refractivity contribution in [3.05, 3.63) is 0 Å². The molecule has 0 bridgehead atoms. The van der Waals surface area contributed by atoms with Crippen LogP contribution in [0.3, 0.4) is 0 Å². The Bertz CT molecular complexity index is 32.4. The quantitative estimate of drug-likeness (QED) is 0.332. The Morgan fingerprint density at radius 2 is 0.889 bits per heavy atom. The first-order valence-corrected chi connectivity index (χ1v) is 2.68. The molecule has 0 rings (SSSR count). The third-order valence-electron chi connectivity index (χ3n) is 0. The number of rotatable bonds is 0. The van der Waals surface area contributed by atoms with Crippen molar-refractivity contribution in [3.63, 3.8) is 0 Å². The molecule has 0 aromatic rings. The van der Waals surface area contributed by atoms with Crippen molar-refractivity contribution in [2.24, 2.45) is 0 Å². The van der Waals surface area contributed by atoms with Crippen LogP contribution in [0.5, 0.6) is 0 Å². The van der Waals surface area contributed by atoms with Gasteiger partial charge in [-0.25, -0.2) is 0 Å². The van der Waals surface area contributed by atoms with Crippen LogP contribution in [-0.2, 0) is 34.1 Å². The van der Waals surface area contributed by atoms with Gasteiger partial charge in [-0.1, -0.05) is 0 Å². The van der Waals surface area contributed by atoms with Gasteiger partial charge >= 0.3 is 46.8 Å². The molecule has 0 spiro atoms. The van der Waals surface area contributed by atoms with Gasteiger partial charge in [-0.05, 0) is 0 Å². The summed E-state index contributed by atoms with van der Waals surface area (Å²) in [5, 5.41) is 0. The van der Waals surface area contributed by atoms with E-state index in [0.29, 0.717) is 0 Å². The Balaban J connectivity index is -0.0000000133. The summed E-state index contributed by atoms with van der Waals surface area (Å²) in [6.45, 7) is 0. The van der Waals surface area contributed by atoms with Crippen molar-refractivity contribution in [3.8, 4) is 0 Å². The van der Waals surface area contributed by atoms with Crippen LogP contribution in [-0.4, -0.2) is 71.4 Å². The second kappa shape index (κ2) is 12.9. The standard InChI is InChI=1S/Ca.Fe.Mn.H4O4Si.H2O.2H/c;;;1-5(2,3)4;;;/h;;;1-4H;1H2;;. The van der Waals surface area contributed by atoms with E-state index < -0.39 is 9.05 Å². The predicted octanol–water partition coefficient (Wildman–Crippen LogP) is -4.35. The van der Waals surface area contributed by atoms with Crippen LogP contribution in [0.1, 0.15) is 0 Å². The molecule has 0 saturated carbocycles. The van der Waals surface area contributed by atoms with Crippen LogP contribution in [0.4, 0.5) is 0 Å². The summed E-state index contributed by atoms with van der Waals surface area (Å²) >= 11 is 0. The van der Waals surface area contributed by atoms with Crippen molar-refractivity contribution >= 4 is 46.8 Å². The summed E-state index contributed by atoms with van der Waals surface area (Å²) in [5.74, 6) is 0. The predicted molar refractivity (Wildman–Crippen MR) is 26.8 cm³/mol. The van der Waals surface area contributed by atoms with Gasteiger partial charge < -0.3 is 24.7 Å². The fourth-order valence-electron chi connectivity index (χ4n) is 0. The van der Waals surface area contributed by atoms with E-state index in [0.717, 1.165) is 0 Å². The molecule has 0 aliphatic heterocycles. The third kappa shape index (κ3) is 133. The molecule has 6 N–H and O–H groups in total. The summed E-state index contributed by atoms with van der Waals surface area (Å²) in [4.78, 5) is 29.3. The first-order valence-electron chi connectivity index (χ1n) is 0.894. The minimum atomic E-state index is -4.61. The van der Waals surface area contributed by atoms with E-state index >= 15 is 0 Å². The molecule has 9 heteroatoms. The monoisotopic (exact) mass is 267 g/mol. The molecular formula is H8CaFeMnO5Si. The largest absolute Gasteiger partial charge is 0 e. The molecule has 0 fully saturated rings. The summed E-state index contributed by atoms with van der Waals surface area (Å²) in [6.07, 6.45) is 0. The van der Waals surface area contributed by atoms with E-state index in [1.807, 2.05) is 0 Å². The molecule has 0 atom stereocenters. The van der Waals surface area contributed by atoms with Crippen molar-refractivity contribution in [2.75, 3.05) is 0 Å². The van der Waals surface area contributed by atoms with Gasteiger partial charge in [0.1, 0.15) is 0 Å². The van der Waals surface area contributed by atoms with Crippen LogP contribution in [0.15, 0.2) is 0 Å². The smallest absolute Gasteiger partial charge is 0 e. The Morgan fingerprint density at radius 1 is 0.889 bits per heavy atom. The average molecular weight is 267 g/mol. The zero-order valence-corrected chi connectivity index (χ0v) is 6.80. The van der Waals surface area contributed by atoms with Crippen molar-refractivity contribution in [1.82, 2.24) is 0 Å².